The first kappa shape index (κ1) is 22.1. The molecule has 0 unspecified atom stereocenters. The van der Waals surface area contributed by atoms with E-state index in [0.717, 1.165) is 31.2 Å². The molecule has 0 saturated heterocycles. The van der Waals surface area contributed by atoms with E-state index in [1.807, 2.05) is 6.07 Å². The minimum atomic E-state index is -1.03. The van der Waals surface area contributed by atoms with Crippen molar-refractivity contribution < 1.29 is 19.7 Å². The molecule has 6 rings (SSSR count). The van der Waals surface area contributed by atoms with Crippen molar-refractivity contribution in [2.24, 2.45) is 39.9 Å². The Morgan fingerprint density at radius 2 is 1.91 bits per heavy atom. The molecule has 5 saturated carbocycles. The molecule has 2 N–H and O–H groups in total. The van der Waals surface area contributed by atoms with Gasteiger partial charge in [-0.15, -0.1) is 0 Å². The van der Waals surface area contributed by atoms with Crippen LogP contribution in [0.1, 0.15) is 76.8 Å². The van der Waals surface area contributed by atoms with Crippen LogP contribution in [-0.4, -0.2) is 34.8 Å². The van der Waals surface area contributed by atoms with Gasteiger partial charge in [-0.05, 0) is 97.1 Å². The Kier molecular flexibility index (Phi) is 4.58. The number of aromatic hydroxyl groups is 1. The Balaban J connectivity index is 1.35. The van der Waals surface area contributed by atoms with Crippen LogP contribution in [-0.2, 0) is 22.4 Å². The molecular weight excluding hydrogens is 412 g/mol. The summed E-state index contributed by atoms with van der Waals surface area (Å²) in [5, 5.41) is 22.9. The van der Waals surface area contributed by atoms with Gasteiger partial charge in [-0.2, -0.15) is 0 Å². The second-order valence-corrected chi connectivity index (χ2v) is 12.7. The number of hydrogen-bond donors (Lipinski definition) is 2. The molecule has 1 aromatic carbocycles. The van der Waals surface area contributed by atoms with Crippen molar-refractivity contribution in [2.75, 3.05) is 7.11 Å². The van der Waals surface area contributed by atoms with E-state index in [2.05, 4.69) is 32.9 Å². The maximum Gasteiger partial charge on any atom is 0.141 e. The van der Waals surface area contributed by atoms with E-state index in [4.69, 9.17) is 4.74 Å². The van der Waals surface area contributed by atoms with Gasteiger partial charge in [-0.25, -0.2) is 0 Å². The van der Waals surface area contributed by atoms with Gasteiger partial charge >= 0.3 is 0 Å². The van der Waals surface area contributed by atoms with Crippen molar-refractivity contribution >= 4 is 5.78 Å². The summed E-state index contributed by atoms with van der Waals surface area (Å²) < 4.78 is 5.79. The molecule has 4 nitrogen and oxygen atoms in total. The van der Waals surface area contributed by atoms with Gasteiger partial charge in [0.2, 0.25) is 0 Å². The number of benzene rings is 1. The molecule has 1 spiro atoms. The van der Waals surface area contributed by atoms with E-state index in [1.54, 1.807) is 7.11 Å². The highest BCUT2D eigenvalue weighted by Crippen LogP contribution is 2.85. The van der Waals surface area contributed by atoms with Crippen LogP contribution in [0.2, 0.25) is 0 Å². The van der Waals surface area contributed by atoms with Crippen LogP contribution in [0.4, 0.5) is 0 Å². The standard InChI is InChI=1S/C29H40O4/c1-5-17-6-7-19(21(30)13-17)12-18-8-10-28(15-18)11-9-20-16-26(2)27(28,3)24(20)25-22(31)14-23(33-4)29(25,26)32/h6-7,13,18,20,23-25,30,32H,5,8-12,14-16H2,1-4H3/t18-,20+,23-,24-,25+,26+,27-,28+,29+/m0/s1. The van der Waals surface area contributed by atoms with Crippen LogP contribution in [0.15, 0.2) is 18.2 Å². The van der Waals surface area contributed by atoms with Gasteiger partial charge in [0.15, 0.2) is 0 Å². The molecule has 0 aliphatic heterocycles. The minimum absolute atomic E-state index is 0.0436. The zero-order valence-electron chi connectivity index (χ0n) is 20.7. The highest BCUT2D eigenvalue weighted by molar-refractivity contribution is 5.88. The van der Waals surface area contributed by atoms with Crippen LogP contribution in [0.5, 0.6) is 5.75 Å². The molecule has 0 radical (unpaired) electrons. The van der Waals surface area contributed by atoms with Gasteiger partial charge < -0.3 is 14.9 Å². The van der Waals surface area contributed by atoms with Crippen LogP contribution >= 0.6 is 0 Å². The molecule has 5 fully saturated rings. The molecule has 0 heterocycles. The van der Waals surface area contributed by atoms with Crippen molar-refractivity contribution in [3.63, 3.8) is 0 Å². The summed E-state index contributed by atoms with van der Waals surface area (Å²) in [6, 6.07) is 6.20. The molecule has 1 aromatic rings. The third-order valence-electron chi connectivity index (χ3n) is 12.1. The number of Topliss-reactive ketones (excluding diaryl/α,β-unsaturated/α-hetero) is 1. The van der Waals surface area contributed by atoms with Gasteiger partial charge in [-0.3, -0.25) is 4.79 Å². The maximum absolute atomic E-state index is 13.3. The van der Waals surface area contributed by atoms with Crippen molar-refractivity contribution in [1.29, 1.82) is 0 Å². The number of phenols is 1. The van der Waals surface area contributed by atoms with Gasteiger partial charge in [0.05, 0.1) is 12.0 Å². The van der Waals surface area contributed by atoms with E-state index in [1.165, 1.54) is 31.2 Å². The number of methoxy groups -OCH3 is 1. The summed E-state index contributed by atoms with van der Waals surface area (Å²) in [6.07, 6.45) is 8.78. The highest BCUT2D eigenvalue weighted by atomic mass is 16.5. The number of carbonyl (C=O) groups excluding carboxylic acids is 1. The summed E-state index contributed by atoms with van der Waals surface area (Å²) in [4.78, 5) is 13.3. The number of ether oxygens (including phenoxy) is 1. The Morgan fingerprint density at radius 1 is 1.15 bits per heavy atom. The van der Waals surface area contributed by atoms with Crippen LogP contribution in [0.25, 0.3) is 0 Å². The zero-order chi connectivity index (χ0) is 23.4. The van der Waals surface area contributed by atoms with E-state index < -0.39 is 5.60 Å². The van der Waals surface area contributed by atoms with Crippen molar-refractivity contribution in [3.05, 3.63) is 29.3 Å². The van der Waals surface area contributed by atoms with Crippen molar-refractivity contribution in [2.45, 2.75) is 90.3 Å². The fraction of sp³-hybridized carbons (Fsp3) is 0.759. The topological polar surface area (TPSA) is 66.8 Å². The largest absolute Gasteiger partial charge is 0.508 e. The lowest BCUT2D eigenvalue weighted by molar-refractivity contribution is -0.186. The fourth-order valence-corrected chi connectivity index (χ4v) is 10.6. The number of ketones is 1. The Bertz CT molecular complexity index is 1000. The summed E-state index contributed by atoms with van der Waals surface area (Å²) >= 11 is 0. The molecule has 0 amide bonds. The molecule has 4 bridgehead atoms. The molecule has 4 heteroatoms. The van der Waals surface area contributed by atoms with Crippen molar-refractivity contribution in [1.82, 2.24) is 0 Å². The van der Waals surface area contributed by atoms with Crippen LogP contribution < -0.4 is 0 Å². The number of rotatable bonds is 4. The third-order valence-corrected chi connectivity index (χ3v) is 12.1. The molecule has 5 aliphatic rings. The summed E-state index contributed by atoms with van der Waals surface area (Å²) in [5.74, 6) is 1.81. The molecule has 9 atom stereocenters. The van der Waals surface area contributed by atoms with Crippen LogP contribution in [0.3, 0.4) is 0 Å². The molecule has 0 aromatic heterocycles. The summed E-state index contributed by atoms with van der Waals surface area (Å²) in [7, 11) is 1.67. The van der Waals surface area contributed by atoms with E-state index in [0.29, 0.717) is 24.0 Å². The number of aryl methyl sites for hydroxylation is 1. The molecule has 180 valence electrons. The first-order valence-corrected chi connectivity index (χ1v) is 13.2. The number of fused-ring (bicyclic) bond motifs is 2. The Morgan fingerprint density at radius 3 is 2.61 bits per heavy atom. The molecule has 5 aliphatic carbocycles. The van der Waals surface area contributed by atoms with E-state index >= 15 is 0 Å². The first-order chi connectivity index (χ1) is 15.6. The lowest BCUT2D eigenvalue weighted by Crippen LogP contribution is -2.58. The van der Waals surface area contributed by atoms with Crippen molar-refractivity contribution in [3.8, 4) is 5.75 Å². The quantitative estimate of drug-likeness (QED) is 0.669. The number of hydrogen-bond acceptors (Lipinski definition) is 4. The third kappa shape index (κ3) is 2.38. The van der Waals surface area contributed by atoms with Gasteiger partial charge in [-0.1, -0.05) is 32.9 Å². The number of phenolic OH excluding ortho intramolecular Hbond substituents is 1. The minimum Gasteiger partial charge on any atom is -0.508 e. The van der Waals surface area contributed by atoms with Crippen LogP contribution in [0, 0.1) is 39.9 Å². The predicted octanol–water partition coefficient (Wildman–Crippen LogP) is 5.07. The average Bonchev–Trinajstić information content (AvgIpc) is 3.41. The summed E-state index contributed by atoms with van der Waals surface area (Å²) in [6.45, 7) is 6.87. The second kappa shape index (κ2) is 6.85. The lowest BCUT2D eigenvalue weighted by atomic mass is 9.48. The summed E-state index contributed by atoms with van der Waals surface area (Å²) in [5.41, 5.74) is 1.05. The van der Waals surface area contributed by atoms with E-state index in [9.17, 15) is 15.0 Å². The second-order valence-electron chi connectivity index (χ2n) is 12.7. The monoisotopic (exact) mass is 452 g/mol. The van der Waals surface area contributed by atoms with E-state index in [-0.39, 0.29) is 40.0 Å². The predicted molar refractivity (Wildman–Crippen MR) is 127 cm³/mol. The van der Waals surface area contributed by atoms with Gasteiger partial charge in [0.25, 0.3) is 0 Å². The Hall–Kier alpha value is -1.39. The Labute approximate surface area is 198 Å². The zero-order valence-corrected chi connectivity index (χ0v) is 20.7. The smallest absolute Gasteiger partial charge is 0.141 e. The SMILES string of the molecule is CCc1ccc(C[C@@H]2CC[C@@]3(CC[C@@H]4C[C@@]5(C)[C@@]6(O)[C@@H](OC)CC(=O)[C@@H]6[C@H]4[C@]35C)C2)c(O)c1. The maximum atomic E-state index is 13.3. The average molecular weight is 453 g/mol. The number of carbonyl (C=O) groups is 1. The number of aliphatic hydroxyl groups is 1. The van der Waals surface area contributed by atoms with Gasteiger partial charge in [0, 0.05) is 18.9 Å². The molecular formula is C29H40O4. The normalized spacial score (nSPS) is 49.8. The first-order valence-electron chi connectivity index (χ1n) is 13.2. The highest BCUT2D eigenvalue weighted by Gasteiger charge is 2.87. The van der Waals surface area contributed by atoms with Gasteiger partial charge in [0.1, 0.15) is 17.1 Å². The fourth-order valence-electron chi connectivity index (χ4n) is 10.6. The molecule has 33 heavy (non-hydrogen) atoms. The lowest BCUT2D eigenvalue weighted by Gasteiger charge is -2.57.